The molecular formula is C13H14BrN5. The number of hydrogen-bond donors (Lipinski definition) is 0. The summed E-state index contributed by atoms with van der Waals surface area (Å²) in [7, 11) is 1.99. The van der Waals surface area contributed by atoms with E-state index in [0.29, 0.717) is 12.5 Å². The van der Waals surface area contributed by atoms with Crippen molar-refractivity contribution in [2.24, 2.45) is 0 Å². The largest absolute Gasteiger partial charge is 0.352 e. The lowest BCUT2D eigenvalue weighted by atomic mass is 10.3. The molecule has 0 atom stereocenters. The molecule has 0 amide bonds. The molecule has 1 aliphatic carbocycles. The first-order chi connectivity index (χ1) is 9.22. The number of halogens is 1. The molecule has 0 bridgehead atoms. The molecule has 0 unspecified atom stereocenters. The van der Waals surface area contributed by atoms with Gasteiger partial charge in [-0.2, -0.15) is 0 Å². The van der Waals surface area contributed by atoms with Gasteiger partial charge in [0.25, 0.3) is 0 Å². The molecular weight excluding hydrogens is 306 g/mol. The van der Waals surface area contributed by atoms with E-state index in [2.05, 4.69) is 41.9 Å². The van der Waals surface area contributed by atoms with Crippen LogP contribution in [0.15, 0.2) is 29.3 Å². The average Bonchev–Trinajstić information content (AvgIpc) is 3.26. The molecule has 1 saturated carbocycles. The van der Waals surface area contributed by atoms with E-state index in [4.69, 9.17) is 0 Å². The Balaban J connectivity index is 1.74. The molecule has 0 saturated heterocycles. The Kier molecular flexibility index (Phi) is 3.42. The van der Waals surface area contributed by atoms with Gasteiger partial charge in [-0.05, 0) is 28.8 Å². The lowest BCUT2D eigenvalue weighted by Gasteiger charge is -2.17. The van der Waals surface area contributed by atoms with Crippen molar-refractivity contribution in [1.29, 1.82) is 0 Å². The molecule has 0 radical (unpaired) electrons. The highest BCUT2D eigenvalue weighted by Gasteiger charge is 2.25. The number of nitrogens with zero attached hydrogens (tertiary/aromatic N) is 5. The number of aromatic nitrogens is 4. The van der Waals surface area contributed by atoms with E-state index in [9.17, 15) is 0 Å². The molecule has 0 N–H and O–H groups in total. The minimum absolute atomic E-state index is 0.633. The Morgan fingerprint density at radius 3 is 2.63 bits per heavy atom. The Labute approximate surface area is 120 Å². The van der Waals surface area contributed by atoms with Gasteiger partial charge in [-0.15, -0.1) is 0 Å². The molecule has 0 aliphatic heterocycles. The first-order valence-electron chi connectivity index (χ1n) is 6.22. The van der Waals surface area contributed by atoms with Crippen LogP contribution < -0.4 is 4.90 Å². The third-order valence-electron chi connectivity index (χ3n) is 3.11. The highest BCUT2D eigenvalue weighted by molar-refractivity contribution is 9.10. The van der Waals surface area contributed by atoms with Crippen LogP contribution in [0.3, 0.4) is 0 Å². The van der Waals surface area contributed by atoms with Crippen LogP contribution >= 0.6 is 15.9 Å². The summed E-state index contributed by atoms with van der Waals surface area (Å²) in [5.41, 5.74) is 1.15. The summed E-state index contributed by atoms with van der Waals surface area (Å²) < 4.78 is 0.886. The van der Waals surface area contributed by atoms with Gasteiger partial charge in [-0.25, -0.2) is 19.9 Å². The van der Waals surface area contributed by atoms with Crippen molar-refractivity contribution in [3.8, 4) is 0 Å². The Bertz CT molecular complexity index is 568. The molecule has 2 heterocycles. The fraction of sp³-hybridized carbons (Fsp3) is 0.385. The predicted octanol–water partition coefficient (Wildman–Crippen LogP) is 2.54. The fourth-order valence-corrected chi connectivity index (χ4v) is 2.09. The summed E-state index contributed by atoms with van der Waals surface area (Å²) >= 11 is 3.33. The summed E-state index contributed by atoms with van der Waals surface area (Å²) in [6.07, 6.45) is 7.64. The van der Waals surface area contributed by atoms with Gasteiger partial charge >= 0.3 is 0 Å². The summed E-state index contributed by atoms with van der Waals surface area (Å²) in [4.78, 5) is 19.2. The first kappa shape index (κ1) is 12.5. The normalized spacial score (nSPS) is 14.4. The van der Waals surface area contributed by atoms with E-state index < -0.39 is 0 Å². The van der Waals surface area contributed by atoms with E-state index >= 15 is 0 Å². The second kappa shape index (κ2) is 5.21. The third-order valence-corrected chi connectivity index (χ3v) is 3.52. The van der Waals surface area contributed by atoms with Crippen LogP contribution in [0.4, 0.5) is 5.82 Å². The maximum absolute atomic E-state index is 4.33. The highest BCUT2D eigenvalue weighted by Crippen LogP contribution is 2.39. The summed E-state index contributed by atoms with van der Waals surface area (Å²) in [5, 5.41) is 0. The summed E-state index contributed by atoms with van der Waals surface area (Å²) in [6.45, 7) is 0.633. The van der Waals surface area contributed by atoms with Crippen LogP contribution in [0.25, 0.3) is 0 Å². The molecule has 3 rings (SSSR count). The first-order valence-corrected chi connectivity index (χ1v) is 7.01. The minimum atomic E-state index is 0.633. The second-order valence-electron chi connectivity index (χ2n) is 4.75. The zero-order valence-electron chi connectivity index (χ0n) is 10.6. The maximum atomic E-state index is 4.33. The zero-order chi connectivity index (χ0) is 13.2. The van der Waals surface area contributed by atoms with Crippen LogP contribution in [-0.2, 0) is 6.54 Å². The van der Waals surface area contributed by atoms with Crippen LogP contribution in [0.5, 0.6) is 0 Å². The lowest BCUT2D eigenvalue weighted by molar-refractivity contribution is 0.814. The van der Waals surface area contributed by atoms with Crippen molar-refractivity contribution in [3.05, 3.63) is 40.8 Å². The van der Waals surface area contributed by atoms with Crippen LogP contribution in [0, 0.1) is 0 Å². The fourth-order valence-electron chi connectivity index (χ4n) is 1.89. The quantitative estimate of drug-likeness (QED) is 0.866. The van der Waals surface area contributed by atoms with Crippen molar-refractivity contribution in [1.82, 2.24) is 19.9 Å². The van der Waals surface area contributed by atoms with Crippen molar-refractivity contribution < 1.29 is 0 Å². The van der Waals surface area contributed by atoms with Crippen molar-refractivity contribution >= 4 is 21.7 Å². The predicted molar refractivity (Wildman–Crippen MR) is 75.8 cm³/mol. The average molecular weight is 320 g/mol. The van der Waals surface area contributed by atoms with Crippen LogP contribution in [0.2, 0.25) is 0 Å². The third kappa shape index (κ3) is 3.07. The number of anilines is 1. The van der Waals surface area contributed by atoms with Gasteiger partial charge in [-0.3, -0.25) is 0 Å². The molecule has 1 aliphatic rings. The van der Waals surface area contributed by atoms with Gasteiger partial charge in [0.05, 0.1) is 11.0 Å². The smallest absolute Gasteiger partial charge is 0.147 e. The Morgan fingerprint density at radius 2 is 1.95 bits per heavy atom. The number of rotatable bonds is 4. The number of hydrogen-bond acceptors (Lipinski definition) is 5. The van der Waals surface area contributed by atoms with Gasteiger partial charge in [-0.1, -0.05) is 0 Å². The summed E-state index contributed by atoms with van der Waals surface area (Å²) in [5.74, 6) is 2.33. The van der Waals surface area contributed by atoms with Crippen molar-refractivity contribution in [2.75, 3.05) is 11.9 Å². The molecule has 0 aromatic carbocycles. The molecule has 2 aromatic heterocycles. The topological polar surface area (TPSA) is 54.8 Å². The van der Waals surface area contributed by atoms with E-state index in [-0.39, 0.29) is 0 Å². The van der Waals surface area contributed by atoms with Crippen LogP contribution in [-0.4, -0.2) is 27.0 Å². The molecule has 1 fully saturated rings. The molecule has 2 aromatic rings. The van der Waals surface area contributed by atoms with E-state index in [1.807, 2.05) is 11.9 Å². The van der Waals surface area contributed by atoms with Crippen LogP contribution in [0.1, 0.15) is 30.3 Å². The van der Waals surface area contributed by atoms with Gasteiger partial charge in [0, 0.05) is 37.1 Å². The van der Waals surface area contributed by atoms with E-state index in [0.717, 1.165) is 21.8 Å². The van der Waals surface area contributed by atoms with E-state index in [1.165, 1.54) is 12.8 Å². The standard InChI is InChI=1S/C13H14BrN5/c1-19(7-12-15-5-10(14)6-16-12)13-4-11(9-2-3-9)17-8-18-13/h4-6,8-9H,2-3,7H2,1H3. The SMILES string of the molecule is CN(Cc1ncc(Br)cn1)c1cc(C2CC2)ncn1. The molecule has 98 valence electrons. The Morgan fingerprint density at radius 1 is 1.21 bits per heavy atom. The van der Waals surface area contributed by atoms with Gasteiger partial charge in [0.2, 0.25) is 0 Å². The molecule has 0 spiro atoms. The molecule has 6 heteroatoms. The second-order valence-corrected chi connectivity index (χ2v) is 5.66. The Hall–Kier alpha value is -1.56. The van der Waals surface area contributed by atoms with Crippen molar-refractivity contribution in [3.63, 3.8) is 0 Å². The van der Waals surface area contributed by atoms with Crippen molar-refractivity contribution in [2.45, 2.75) is 25.3 Å². The molecule has 5 nitrogen and oxygen atoms in total. The molecule has 19 heavy (non-hydrogen) atoms. The monoisotopic (exact) mass is 319 g/mol. The van der Waals surface area contributed by atoms with E-state index in [1.54, 1.807) is 18.7 Å². The minimum Gasteiger partial charge on any atom is -0.352 e. The zero-order valence-corrected chi connectivity index (χ0v) is 12.2. The van der Waals surface area contributed by atoms with Gasteiger partial charge in [0.15, 0.2) is 0 Å². The highest BCUT2D eigenvalue weighted by atomic mass is 79.9. The maximum Gasteiger partial charge on any atom is 0.147 e. The van der Waals surface area contributed by atoms with Gasteiger partial charge in [0.1, 0.15) is 18.0 Å². The van der Waals surface area contributed by atoms with Gasteiger partial charge < -0.3 is 4.90 Å². The lowest BCUT2D eigenvalue weighted by Crippen LogP contribution is -2.19. The summed E-state index contributed by atoms with van der Waals surface area (Å²) in [6, 6.07) is 2.07.